The van der Waals surface area contributed by atoms with Gasteiger partial charge in [0.2, 0.25) is 0 Å². The number of allylic oxidation sites excluding steroid dienone is 4. The summed E-state index contributed by atoms with van der Waals surface area (Å²) in [5, 5.41) is 6.52. The first kappa shape index (κ1) is 18.7. The first-order valence-electron chi connectivity index (χ1n) is 7.76. The second-order valence-corrected chi connectivity index (χ2v) is 4.91. The molecule has 114 valence electrons. The van der Waals surface area contributed by atoms with Crippen LogP contribution >= 0.6 is 0 Å². The minimum Gasteiger partial charge on any atom is -0.390 e. The van der Waals surface area contributed by atoms with E-state index in [0.29, 0.717) is 5.92 Å². The Morgan fingerprint density at radius 1 is 1.20 bits per heavy atom. The van der Waals surface area contributed by atoms with Crippen LogP contribution in [0.15, 0.2) is 48.2 Å². The zero-order chi connectivity index (χ0) is 15.2. The number of hydrogen-bond acceptors (Lipinski definition) is 2. The Kier molecular flexibility index (Phi) is 11.9. The van der Waals surface area contributed by atoms with E-state index < -0.39 is 0 Å². The van der Waals surface area contributed by atoms with Crippen LogP contribution in [-0.2, 0) is 0 Å². The molecular formula is C18H32N2. The van der Waals surface area contributed by atoms with Crippen LogP contribution in [0.4, 0.5) is 0 Å². The van der Waals surface area contributed by atoms with E-state index >= 15 is 0 Å². The van der Waals surface area contributed by atoms with E-state index in [9.17, 15) is 0 Å². The summed E-state index contributed by atoms with van der Waals surface area (Å²) in [7, 11) is 1.96. The standard InChI is InChI=1S/C18H32N2/c1-6-12-16(4)18(17(7-2)8-3)15-20-14-11-9-10-13-19-5/h6,9-10,12,15,17,19-20H,4,7-8,11,13-14H2,1-3,5H3/b10-9+,12-6-,18-15+. The summed E-state index contributed by atoms with van der Waals surface area (Å²) in [5.41, 5.74) is 2.46. The van der Waals surface area contributed by atoms with Crippen molar-refractivity contribution in [2.24, 2.45) is 5.92 Å². The van der Waals surface area contributed by atoms with Crippen LogP contribution in [0.2, 0.25) is 0 Å². The molecule has 0 fully saturated rings. The summed E-state index contributed by atoms with van der Waals surface area (Å²) in [6.45, 7) is 12.6. The molecule has 0 amide bonds. The van der Waals surface area contributed by atoms with E-state index in [0.717, 1.165) is 37.9 Å². The average molecular weight is 276 g/mol. The smallest absolute Gasteiger partial charge is 0.0176 e. The zero-order valence-corrected chi connectivity index (χ0v) is 13.7. The lowest BCUT2D eigenvalue weighted by molar-refractivity contribution is 0.574. The van der Waals surface area contributed by atoms with Crippen molar-refractivity contribution >= 4 is 0 Å². The first-order chi connectivity index (χ1) is 9.71. The van der Waals surface area contributed by atoms with Crippen LogP contribution in [0.5, 0.6) is 0 Å². The molecule has 0 aromatic rings. The Hall–Kier alpha value is -1.28. The van der Waals surface area contributed by atoms with Gasteiger partial charge in [0, 0.05) is 19.3 Å². The maximum Gasteiger partial charge on any atom is 0.0176 e. The largest absolute Gasteiger partial charge is 0.390 e. The third kappa shape index (κ3) is 8.00. The quantitative estimate of drug-likeness (QED) is 0.336. The number of hydrogen-bond donors (Lipinski definition) is 2. The zero-order valence-electron chi connectivity index (χ0n) is 13.7. The Morgan fingerprint density at radius 2 is 1.90 bits per heavy atom. The first-order valence-corrected chi connectivity index (χ1v) is 7.76. The molecule has 0 aliphatic heterocycles. The van der Waals surface area contributed by atoms with Gasteiger partial charge >= 0.3 is 0 Å². The molecule has 0 heterocycles. The molecule has 0 bridgehead atoms. The fourth-order valence-electron chi connectivity index (χ4n) is 2.17. The molecule has 2 nitrogen and oxygen atoms in total. The normalized spacial score (nSPS) is 12.8. The van der Waals surface area contributed by atoms with Crippen LogP contribution in [0.25, 0.3) is 0 Å². The van der Waals surface area contributed by atoms with Gasteiger partial charge in [-0.25, -0.2) is 0 Å². The molecule has 0 aromatic carbocycles. The van der Waals surface area contributed by atoms with Crippen molar-refractivity contribution < 1.29 is 0 Å². The highest BCUT2D eigenvalue weighted by Crippen LogP contribution is 2.24. The van der Waals surface area contributed by atoms with Gasteiger partial charge in [0.1, 0.15) is 0 Å². The van der Waals surface area contributed by atoms with E-state index in [1.54, 1.807) is 0 Å². The van der Waals surface area contributed by atoms with Crippen molar-refractivity contribution in [2.75, 3.05) is 20.1 Å². The molecule has 20 heavy (non-hydrogen) atoms. The molecule has 0 unspecified atom stereocenters. The van der Waals surface area contributed by atoms with Crippen molar-refractivity contribution in [2.45, 2.75) is 40.0 Å². The van der Waals surface area contributed by atoms with Gasteiger partial charge in [-0.2, -0.15) is 0 Å². The number of rotatable bonds is 11. The fourth-order valence-corrected chi connectivity index (χ4v) is 2.17. The summed E-state index contributed by atoms with van der Waals surface area (Å²) < 4.78 is 0. The van der Waals surface area contributed by atoms with Crippen molar-refractivity contribution in [1.82, 2.24) is 10.6 Å². The van der Waals surface area contributed by atoms with Crippen molar-refractivity contribution in [3.05, 3.63) is 48.2 Å². The van der Waals surface area contributed by atoms with Gasteiger partial charge in [-0.15, -0.1) is 0 Å². The third-order valence-electron chi connectivity index (χ3n) is 3.37. The van der Waals surface area contributed by atoms with Gasteiger partial charge in [0.15, 0.2) is 0 Å². The van der Waals surface area contributed by atoms with Gasteiger partial charge < -0.3 is 10.6 Å². The number of nitrogens with one attached hydrogen (secondary N) is 2. The lowest BCUT2D eigenvalue weighted by atomic mass is 9.89. The predicted octanol–water partition coefficient (Wildman–Crippen LogP) is 4.19. The van der Waals surface area contributed by atoms with Crippen molar-refractivity contribution in [3.8, 4) is 0 Å². The molecule has 0 atom stereocenters. The highest BCUT2D eigenvalue weighted by molar-refractivity contribution is 5.38. The highest BCUT2D eigenvalue weighted by Gasteiger charge is 2.11. The van der Waals surface area contributed by atoms with E-state index in [1.165, 1.54) is 5.57 Å². The molecule has 0 rings (SSSR count). The van der Waals surface area contributed by atoms with Crippen LogP contribution < -0.4 is 10.6 Å². The Labute approximate surface area is 125 Å². The molecule has 0 spiro atoms. The molecule has 0 radical (unpaired) electrons. The van der Waals surface area contributed by atoms with Crippen molar-refractivity contribution in [3.63, 3.8) is 0 Å². The van der Waals surface area contributed by atoms with E-state index in [-0.39, 0.29) is 0 Å². The predicted molar refractivity (Wildman–Crippen MR) is 91.8 cm³/mol. The molecule has 0 saturated heterocycles. The monoisotopic (exact) mass is 276 g/mol. The minimum absolute atomic E-state index is 0.589. The summed E-state index contributed by atoms with van der Waals surface area (Å²) in [6, 6.07) is 0. The Morgan fingerprint density at radius 3 is 2.45 bits per heavy atom. The summed E-state index contributed by atoms with van der Waals surface area (Å²) in [4.78, 5) is 0. The topological polar surface area (TPSA) is 24.1 Å². The molecular weight excluding hydrogens is 244 g/mol. The van der Waals surface area contributed by atoms with Gasteiger partial charge in [0.25, 0.3) is 0 Å². The Balaban J connectivity index is 4.46. The van der Waals surface area contributed by atoms with Gasteiger partial charge in [-0.3, -0.25) is 0 Å². The SMILES string of the molecule is C=C(/C=C\C)/C(=C\NCC/C=C/CNC)C(CC)CC. The molecule has 2 N–H and O–H groups in total. The summed E-state index contributed by atoms with van der Waals surface area (Å²) in [6.07, 6.45) is 14.0. The van der Waals surface area contributed by atoms with E-state index in [1.807, 2.05) is 14.0 Å². The molecule has 0 saturated carbocycles. The van der Waals surface area contributed by atoms with Gasteiger partial charge in [-0.1, -0.05) is 44.7 Å². The highest BCUT2D eigenvalue weighted by atomic mass is 14.8. The van der Waals surface area contributed by atoms with Crippen LogP contribution in [0, 0.1) is 5.92 Å². The number of likely N-dealkylation sites (N-methyl/N-ethyl adjacent to an activating group) is 1. The van der Waals surface area contributed by atoms with Crippen LogP contribution in [-0.4, -0.2) is 20.1 Å². The van der Waals surface area contributed by atoms with E-state index in [4.69, 9.17) is 0 Å². The summed E-state index contributed by atoms with van der Waals surface area (Å²) in [5.74, 6) is 0.589. The van der Waals surface area contributed by atoms with Crippen LogP contribution in [0.1, 0.15) is 40.0 Å². The molecule has 0 aliphatic carbocycles. The van der Waals surface area contributed by atoms with E-state index in [2.05, 4.69) is 61.6 Å². The summed E-state index contributed by atoms with van der Waals surface area (Å²) >= 11 is 0. The maximum atomic E-state index is 4.18. The molecule has 2 heteroatoms. The van der Waals surface area contributed by atoms with Gasteiger partial charge in [-0.05, 0) is 50.3 Å². The fraction of sp³-hybridized carbons (Fsp3) is 0.556. The van der Waals surface area contributed by atoms with Crippen molar-refractivity contribution in [1.29, 1.82) is 0 Å². The second kappa shape index (κ2) is 12.7. The minimum atomic E-state index is 0.589. The van der Waals surface area contributed by atoms with Gasteiger partial charge in [0.05, 0.1) is 0 Å². The third-order valence-corrected chi connectivity index (χ3v) is 3.37. The second-order valence-electron chi connectivity index (χ2n) is 4.91. The average Bonchev–Trinajstić information content (AvgIpc) is 2.45. The lowest BCUT2D eigenvalue weighted by Gasteiger charge is -2.18. The maximum absolute atomic E-state index is 4.18. The van der Waals surface area contributed by atoms with Crippen LogP contribution in [0.3, 0.4) is 0 Å². The molecule has 0 aliphatic rings. The molecule has 0 aromatic heterocycles. The Bertz CT molecular complexity index is 333. The lowest BCUT2D eigenvalue weighted by Crippen LogP contribution is -2.12.